The highest BCUT2D eigenvalue weighted by Crippen LogP contribution is 2.41. The molecule has 1 aromatic heterocycles. The van der Waals surface area contributed by atoms with Gasteiger partial charge in [-0.2, -0.15) is 0 Å². The Hall–Kier alpha value is -4.65. The van der Waals surface area contributed by atoms with E-state index >= 15 is 0 Å². The molecule has 0 aliphatic carbocycles. The molecule has 1 aliphatic rings. The zero-order valence-corrected chi connectivity index (χ0v) is 20.1. The second-order valence-electron chi connectivity index (χ2n) is 8.81. The monoisotopic (exact) mass is 497 g/mol. The van der Waals surface area contributed by atoms with Gasteiger partial charge >= 0.3 is 0 Å². The summed E-state index contributed by atoms with van der Waals surface area (Å²) >= 11 is 0. The van der Waals surface area contributed by atoms with E-state index in [0.717, 1.165) is 11.6 Å². The second kappa shape index (κ2) is 10.1. The minimum Gasteiger partial charge on any atom is -0.507 e. The van der Waals surface area contributed by atoms with Gasteiger partial charge < -0.3 is 19.2 Å². The normalized spacial score (nSPS) is 16.8. The molecule has 0 radical (unpaired) electrons. The first-order chi connectivity index (χ1) is 17.9. The first kappa shape index (κ1) is 24.1. The van der Waals surface area contributed by atoms with Crippen LogP contribution in [0.25, 0.3) is 5.76 Å². The fourth-order valence-corrected chi connectivity index (χ4v) is 4.34. The summed E-state index contributed by atoms with van der Waals surface area (Å²) in [6, 6.07) is 23.4. The van der Waals surface area contributed by atoms with Crippen molar-refractivity contribution in [3.63, 3.8) is 0 Å². The van der Waals surface area contributed by atoms with Crippen LogP contribution >= 0.6 is 0 Å². The van der Waals surface area contributed by atoms with Gasteiger partial charge in [-0.05, 0) is 53.9 Å². The van der Waals surface area contributed by atoms with E-state index in [1.165, 1.54) is 23.3 Å². The number of halogens is 1. The number of hydrogen-bond acceptors (Lipinski definition) is 5. The van der Waals surface area contributed by atoms with Gasteiger partial charge in [-0.1, -0.05) is 54.6 Å². The van der Waals surface area contributed by atoms with Crippen LogP contribution in [0.3, 0.4) is 0 Å². The van der Waals surface area contributed by atoms with Gasteiger partial charge in [-0.3, -0.25) is 9.59 Å². The lowest BCUT2D eigenvalue weighted by atomic mass is 9.95. The third kappa shape index (κ3) is 4.89. The maximum absolute atomic E-state index is 14.3. The fourth-order valence-electron chi connectivity index (χ4n) is 4.34. The molecule has 0 saturated carbocycles. The number of amides is 1. The Morgan fingerprint density at radius 1 is 1.00 bits per heavy atom. The van der Waals surface area contributed by atoms with Crippen molar-refractivity contribution in [3.05, 3.63) is 131 Å². The van der Waals surface area contributed by atoms with Crippen molar-refractivity contribution < 1.29 is 28.2 Å². The smallest absolute Gasteiger partial charge is 0.296 e. The van der Waals surface area contributed by atoms with E-state index < -0.39 is 29.3 Å². The lowest BCUT2D eigenvalue weighted by Gasteiger charge is -2.24. The number of nitrogens with zero attached hydrogens (tertiary/aromatic N) is 1. The van der Waals surface area contributed by atoms with Crippen LogP contribution in [0.1, 0.15) is 34.1 Å². The lowest BCUT2D eigenvalue weighted by molar-refractivity contribution is -0.140. The van der Waals surface area contributed by atoms with Crippen LogP contribution in [0.2, 0.25) is 0 Å². The van der Waals surface area contributed by atoms with Crippen LogP contribution in [0.15, 0.2) is 101 Å². The summed E-state index contributed by atoms with van der Waals surface area (Å²) in [5.41, 5.74) is 2.01. The quantitative estimate of drug-likeness (QED) is 0.195. The van der Waals surface area contributed by atoms with Crippen molar-refractivity contribution in [3.8, 4) is 5.75 Å². The third-order valence-electron chi connectivity index (χ3n) is 6.34. The highest BCUT2D eigenvalue weighted by atomic mass is 19.1. The zero-order valence-electron chi connectivity index (χ0n) is 20.1. The van der Waals surface area contributed by atoms with Gasteiger partial charge in [-0.25, -0.2) is 4.39 Å². The number of hydrogen-bond donors (Lipinski definition) is 1. The number of rotatable bonds is 7. The van der Waals surface area contributed by atoms with Crippen LogP contribution < -0.4 is 4.74 Å². The van der Waals surface area contributed by atoms with E-state index in [-0.39, 0.29) is 17.7 Å². The van der Waals surface area contributed by atoms with Crippen molar-refractivity contribution in [1.29, 1.82) is 0 Å². The maximum atomic E-state index is 14.3. The summed E-state index contributed by atoms with van der Waals surface area (Å²) in [4.78, 5) is 27.6. The van der Waals surface area contributed by atoms with Gasteiger partial charge in [0.2, 0.25) is 0 Å². The summed E-state index contributed by atoms with van der Waals surface area (Å²) in [5.74, 6) is -1.49. The fraction of sp³-hybridized carbons (Fsp3) is 0.133. The van der Waals surface area contributed by atoms with Crippen molar-refractivity contribution in [1.82, 2.24) is 4.90 Å². The van der Waals surface area contributed by atoms with Crippen molar-refractivity contribution in [2.75, 3.05) is 0 Å². The molecule has 1 aliphatic heterocycles. The topological polar surface area (TPSA) is 80.0 Å². The molecule has 1 amide bonds. The van der Waals surface area contributed by atoms with Gasteiger partial charge in [-0.15, -0.1) is 0 Å². The predicted octanol–water partition coefficient (Wildman–Crippen LogP) is 5.93. The highest BCUT2D eigenvalue weighted by molar-refractivity contribution is 6.46. The van der Waals surface area contributed by atoms with E-state index in [9.17, 15) is 19.1 Å². The number of Topliss-reactive ketones (excluding diaryl/α,β-unsaturated/α-hetero) is 1. The van der Waals surface area contributed by atoms with E-state index in [1.54, 1.807) is 43.3 Å². The molecule has 1 saturated heterocycles. The average Bonchev–Trinajstić information content (AvgIpc) is 3.52. The van der Waals surface area contributed by atoms with Crippen molar-refractivity contribution >= 4 is 17.4 Å². The van der Waals surface area contributed by atoms with Crippen LogP contribution in [-0.4, -0.2) is 21.7 Å². The molecule has 1 atom stereocenters. The Morgan fingerprint density at radius 2 is 1.76 bits per heavy atom. The van der Waals surface area contributed by atoms with Gasteiger partial charge in [0, 0.05) is 5.56 Å². The number of ketones is 1. The van der Waals surface area contributed by atoms with E-state index in [1.807, 2.05) is 30.3 Å². The summed E-state index contributed by atoms with van der Waals surface area (Å²) in [6.07, 6.45) is 1.48. The minimum atomic E-state index is -0.905. The Labute approximate surface area is 213 Å². The summed E-state index contributed by atoms with van der Waals surface area (Å²) < 4.78 is 25.5. The van der Waals surface area contributed by atoms with E-state index in [2.05, 4.69) is 0 Å². The molecule has 2 heterocycles. The maximum Gasteiger partial charge on any atom is 0.296 e. The zero-order chi connectivity index (χ0) is 25.9. The van der Waals surface area contributed by atoms with Crippen molar-refractivity contribution in [2.45, 2.75) is 26.1 Å². The van der Waals surface area contributed by atoms with E-state index in [4.69, 9.17) is 9.15 Å². The summed E-state index contributed by atoms with van der Waals surface area (Å²) in [5, 5.41) is 11.1. The second-order valence-corrected chi connectivity index (χ2v) is 8.81. The molecule has 5 rings (SSSR count). The Balaban J connectivity index is 1.52. The minimum absolute atomic E-state index is 0.0214. The number of carbonyl (C=O) groups excluding carboxylic acids is 2. The number of aliphatic hydroxyl groups is 1. The van der Waals surface area contributed by atoms with Gasteiger partial charge in [0.25, 0.3) is 11.7 Å². The first-order valence-corrected chi connectivity index (χ1v) is 11.8. The molecule has 4 aromatic rings. The Bertz CT molecular complexity index is 1460. The van der Waals surface area contributed by atoms with Crippen LogP contribution in [-0.2, 0) is 22.7 Å². The van der Waals surface area contributed by atoms with Crippen molar-refractivity contribution in [2.24, 2.45) is 0 Å². The molecule has 1 fully saturated rings. The molecule has 3 aromatic carbocycles. The number of furan rings is 1. The number of benzene rings is 3. The molecule has 6 nitrogen and oxygen atoms in total. The van der Waals surface area contributed by atoms with Gasteiger partial charge in [0.1, 0.15) is 29.7 Å². The Kier molecular flexibility index (Phi) is 6.60. The summed E-state index contributed by atoms with van der Waals surface area (Å²) in [7, 11) is 0. The standard InChI is InChI=1S/C30H24FNO5/c1-19-9-10-22(16-25(19)31)28(33)26-27(32(30(35)29(26)34)17-24-8-5-15-36-24)21-11-13-23(14-12-21)37-18-20-6-3-2-4-7-20/h2-16,27,33H,17-18H2,1H3. The van der Waals surface area contributed by atoms with Crippen LogP contribution in [0.4, 0.5) is 4.39 Å². The number of likely N-dealkylation sites (tertiary alicyclic amines) is 1. The summed E-state index contributed by atoms with van der Waals surface area (Å²) in [6.45, 7) is 2.01. The molecule has 0 bridgehead atoms. The number of ether oxygens (including phenoxy) is 1. The number of aliphatic hydroxyl groups excluding tert-OH is 1. The molecule has 1 N–H and O–H groups in total. The average molecular weight is 498 g/mol. The molecule has 0 spiro atoms. The largest absolute Gasteiger partial charge is 0.507 e. The first-order valence-electron chi connectivity index (χ1n) is 11.8. The van der Waals surface area contributed by atoms with E-state index in [0.29, 0.717) is 29.2 Å². The molecular weight excluding hydrogens is 473 g/mol. The highest BCUT2D eigenvalue weighted by Gasteiger charge is 2.46. The lowest BCUT2D eigenvalue weighted by Crippen LogP contribution is -2.29. The SMILES string of the molecule is Cc1ccc(C(O)=C2C(=O)C(=O)N(Cc3ccco3)C2c2ccc(OCc3ccccc3)cc2)cc1F. The van der Waals surface area contributed by atoms with Gasteiger partial charge in [0.15, 0.2) is 0 Å². The number of aryl methyl sites for hydroxylation is 1. The molecule has 37 heavy (non-hydrogen) atoms. The Morgan fingerprint density at radius 3 is 2.43 bits per heavy atom. The third-order valence-corrected chi connectivity index (χ3v) is 6.34. The molecule has 186 valence electrons. The van der Waals surface area contributed by atoms with Crippen LogP contribution in [0, 0.1) is 12.7 Å². The molecule has 1 unspecified atom stereocenters. The predicted molar refractivity (Wildman–Crippen MR) is 135 cm³/mol. The molecule has 7 heteroatoms. The number of carbonyl (C=O) groups is 2. The molecular formula is C30H24FNO5. The van der Waals surface area contributed by atoms with Gasteiger partial charge in [0.05, 0.1) is 24.4 Å². The van der Waals surface area contributed by atoms with Crippen LogP contribution in [0.5, 0.6) is 5.75 Å².